The highest BCUT2D eigenvalue weighted by Crippen LogP contribution is 2.28. The lowest BCUT2D eigenvalue weighted by molar-refractivity contribution is -0.127. The SMILES string of the molecule is CC(C)(C)OC(=O)N1CCC(NC=O)(C(=O)Nc2ccc3c(c2)CCC3)CC1. The molecule has 152 valence electrons. The predicted molar refractivity (Wildman–Crippen MR) is 106 cm³/mol. The van der Waals surface area contributed by atoms with Crippen molar-refractivity contribution in [3.8, 4) is 0 Å². The first-order valence-electron chi connectivity index (χ1n) is 9.85. The molecule has 1 saturated heterocycles. The molecule has 0 bridgehead atoms. The number of nitrogens with zero attached hydrogens (tertiary/aromatic N) is 1. The number of fused-ring (bicyclic) bond motifs is 1. The molecule has 0 radical (unpaired) electrons. The summed E-state index contributed by atoms with van der Waals surface area (Å²) in [6.07, 6.45) is 4.09. The third-order valence-corrected chi connectivity index (χ3v) is 5.39. The Hall–Kier alpha value is -2.57. The number of nitrogens with one attached hydrogen (secondary N) is 2. The van der Waals surface area contributed by atoms with Gasteiger partial charge in [0.2, 0.25) is 12.3 Å². The molecule has 1 fully saturated rings. The minimum Gasteiger partial charge on any atom is -0.444 e. The Labute approximate surface area is 165 Å². The Morgan fingerprint density at radius 2 is 1.82 bits per heavy atom. The average molecular weight is 387 g/mol. The summed E-state index contributed by atoms with van der Waals surface area (Å²) in [5.74, 6) is -0.249. The summed E-state index contributed by atoms with van der Waals surface area (Å²) < 4.78 is 5.40. The first-order valence-corrected chi connectivity index (χ1v) is 9.85. The van der Waals surface area contributed by atoms with Crippen molar-refractivity contribution in [2.45, 2.75) is 64.0 Å². The van der Waals surface area contributed by atoms with Crippen LogP contribution in [0.4, 0.5) is 10.5 Å². The minimum atomic E-state index is -1.03. The molecule has 1 aliphatic heterocycles. The molecule has 1 aromatic carbocycles. The number of hydrogen-bond donors (Lipinski definition) is 2. The smallest absolute Gasteiger partial charge is 0.410 e. The van der Waals surface area contributed by atoms with Gasteiger partial charge in [-0.1, -0.05) is 6.07 Å². The van der Waals surface area contributed by atoms with Gasteiger partial charge in [0.1, 0.15) is 11.1 Å². The van der Waals surface area contributed by atoms with Crippen LogP contribution in [-0.2, 0) is 27.2 Å². The van der Waals surface area contributed by atoms with Gasteiger partial charge in [-0.25, -0.2) is 4.79 Å². The van der Waals surface area contributed by atoms with E-state index >= 15 is 0 Å². The van der Waals surface area contributed by atoms with E-state index in [9.17, 15) is 14.4 Å². The van der Waals surface area contributed by atoms with Crippen LogP contribution in [0.3, 0.4) is 0 Å². The number of hydrogen-bond acceptors (Lipinski definition) is 4. The highest BCUT2D eigenvalue weighted by molar-refractivity contribution is 5.99. The quantitative estimate of drug-likeness (QED) is 0.778. The summed E-state index contributed by atoms with van der Waals surface area (Å²) >= 11 is 0. The summed E-state index contributed by atoms with van der Waals surface area (Å²) in [6.45, 7) is 6.13. The van der Waals surface area contributed by atoms with Crippen LogP contribution in [0.2, 0.25) is 0 Å². The van der Waals surface area contributed by atoms with Gasteiger partial charge in [0, 0.05) is 18.8 Å². The number of amides is 3. The van der Waals surface area contributed by atoms with E-state index in [-0.39, 0.29) is 5.91 Å². The van der Waals surface area contributed by atoms with Crippen LogP contribution in [0.1, 0.15) is 51.2 Å². The first-order chi connectivity index (χ1) is 13.2. The number of carbonyl (C=O) groups excluding carboxylic acids is 3. The van der Waals surface area contributed by atoms with Crippen LogP contribution in [0.5, 0.6) is 0 Å². The van der Waals surface area contributed by atoms with Crippen LogP contribution in [0.25, 0.3) is 0 Å². The zero-order valence-corrected chi connectivity index (χ0v) is 16.8. The van der Waals surface area contributed by atoms with Crippen LogP contribution in [0, 0.1) is 0 Å². The number of likely N-dealkylation sites (tertiary alicyclic amines) is 1. The first kappa shape index (κ1) is 20.2. The highest BCUT2D eigenvalue weighted by Gasteiger charge is 2.43. The number of carbonyl (C=O) groups is 3. The van der Waals surface area contributed by atoms with Gasteiger partial charge in [-0.05, 0) is 76.1 Å². The largest absolute Gasteiger partial charge is 0.444 e. The van der Waals surface area contributed by atoms with Gasteiger partial charge in [-0.3, -0.25) is 9.59 Å². The molecule has 1 aliphatic carbocycles. The molecule has 2 N–H and O–H groups in total. The fourth-order valence-electron chi connectivity index (χ4n) is 3.85. The summed E-state index contributed by atoms with van der Waals surface area (Å²) in [5.41, 5.74) is 1.75. The van der Waals surface area contributed by atoms with E-state index in [0.717, 1.165) is 24.9 Å². The monoisotopic (exact) mass is 387 g/mol. The van der Waals surface area contributed by atoms with E-state index in [1.165, 1.54) is 11.1 Å². The Balaban J connectivity index is 1.66. The van der Waals surface area contributed by atoms with Crippen molar-refractivity contribution in [2.75, 3.05) is 18.4 Å². The van der Waals surface area contributed by atoms with Crippen LogP contribution in [0.15, 0.2) is 18.2 Å². The number of benzene rings is 1. The predicted octanol–water partition coefficient (Wildman–Crippen LogP) is 2.63. The van der Waals surface area contributed by atoms with Gasteiger partial charge < -0.3 is 20.3 Å². The van der Waals surface area contributed by atoms with Crippen molar-refractivity contribution in [3.05, 3.63) is 29.3 Å². The van der Waals surface area contributed by atoms with Crippen molar-refractivity contribution >= 4 is 24.1 Å². The fourth-order valence-corrected chi connectivity index (χ4v) is 3.85. The number of ether oxygens (including phenoxy) is 1. The molecule has 2 aliphatic rings. The van der Waals surface area contributed by atoms with E-state index in [2.05, 4.69) is 16.7 Å². The lowest BCUT2D eigenvalue weighted by Crippen LogP contribution is -2.60. The molecule has 7 heteroatoms. The van der Waals surface area contributed by atoms with Crippen LogP contribution in [-0.4, -0.2) is 47.5 Å². The van der Waals surface area contributed by atoms with Crippen LogP contribution < -0.4 is 10.6 Å². The molecule has 1 aromatic rings. The standard InChI is InChI=1S/C21H29N3O4/c1-20(2,3)28-19(27)24-11-9-21(10-12-24,22-14-25)18(26)23-17-8-7-15-5-4-6-16(15)13-17/h7-8,13-14H,4-6,9-12H2,1-3H3,(H,22,25)(H,23,26). The Kier molecular flexibility index (Phi) is 5.63. The second-order valence-corrected chi connectivity index (χ2v) is 8.60. The second kappa shape index (κ2) is 7.81. The summed E-state index contributed by atoms with van der Waals surface area (Å²) in [6, 6.07) is 5.99. The average Bonchev–Trinajstić information content (AvgIpc) is 3.08. The normalized spacial score (nSPS) is 18.2. The minimum absolute atomic E-state index is 0.249. The summed E-state index contributed by atoms with van der Waals surface area (Å²) in [5, 5.41) is 5.66. The van der Waals surface area contributed by atoms with E-state index < -0.39 is 17.2 Å². The van der Waals surface area contributed by atoms with Gasteiger partial charge >= 0.3 is 6.09 Å². The lowest BCUT2D eigenvalue weighted by Gasteiger charge is -2.40. The number of anilines is 1. The molecule has 0 aromatic heterocycles. The second-order valence-electron chi connectivity index (χ2n) is 8.60. The van der Waals surface area contributed by atoms with Crippen molar-refractivity contribution in [1.29, 1.82) is 0 Å². The number of rotatable bonds is 4. The topological polar surface area (TPSA) is 87.7 Å². The van der Waals surface area contributed by atoms with E-state index in [0.29, 0.717) is 32.3 Å². The molecule has 0 saturated carbocycles. The van der Waals surface area contributed by atoms with Gasteiger partial charge in [0.05, 0.1) is 0 Å². The van der Waals surface area contributed by atoms with Gasteiger partial charge in [0.15, 0.2) is 0 Å². The molecular formula is C21H29N3O4. The third-order valence-electron chi connectivity index (χ3n) is 5.39. The maximum absolute atomic E-state index is 13.0. The highest BCUT2D eigenvalue weighted by atomic mass is 16.6. The molecule has 7 nitrogen and oxygen atoms in total. The molecule has 3 amide bonds. The van der Waals surface area contributed by atoms with Gasteiger partial charge in [-0.2, -0.15) is 0 Å². The third kappa shape index (κ3) is 4.46. The van der Waals surface area contributed by atoms with E-state index in [4.69, 9.17) is 4.74 Å². The molecule has 0 unspecified atom stereocenters. The van der Waals surface area contributed by atoms with Crippen molar-refractivity contribution in [3.63, 3.8) is 0 Å². The van der Waals surface area contributed by atoms with Gasteiger partial charge in [0.25, 0.3) is 0 Å². The Morgan fingerprint density at radius 3 is 2.46 bits per heavy atom. The Bertz CT molecular complexity index is 761. The van der Waals surface area contributed by atoms with Gasteiger partial charge in [-0.15, -0.1) is 0 Å². The Morgan fingerprint density at radius 1 is 1.14 bits per heavy atom. The van der Waals surface area contributed by atoms with E-state index in [1.807, 2.05) is 32.9 Å². The zero-order chi connectivity index (χ0) is 20.4. The van der Waals surface area contributed by atoms with Crippen LogP contribution >= 0.6 is 0 Å². The summed E-state index contributed by atoms with van der Waals surface area (Å²) in [4.78, 5) is 38.1. The van der Waals surface area contributed by atoms with Crippen molar-refractivity contribution in [2.24, 2.45) is 0 Å². The summed E-state index contributed by atoms with van der Waals surface area (Å²) in [7, 11) is 0. The fraction of sp³-hybridized carbons (Fsp3) is 0.571. The molecular weight excluding hydrogens is 358 g/mol. The number of aryl methyl sites for hydroxylation is 2. The molecule has 1 heterocycles. The maximum atomic E-state index is 13.0. The number of piperidine rings is 1. The zero-order valence-electron chi connectivity index (χ0n) is 16.8. The van der Waals surface area contributed by atoms with Crippen molar-refractivity contribution < 1.29 is 19.1 Å². The molecule has 3 rings (SSSR count). The molecule has 0 atom stereocenters. The lowest BCUT2D eigenvalue weighted by atomic mass is 9.86. The molecule has 0 spiro atoms. The maximum Gasteiger partial charge on any atom is 0.410 e. The van der Waals surface area contributed by atoms with Crippen molar-refractivity contribution in [1.82, 2.24) is 10.2 Å². The molecule has 28 heavy (non-hydrogen) atoms. The van der Waals surface area contributed by atoms with E-state index in [1.54, 1.807) is 4.90 Å².